The Labute approximate surface area is 68.5 Å². The number of nitrogens with zero attached hydrogens (tertiary/aromatic N) is 1. The van der Waals surface area contributed by atoms with Crippen molar-refractivity contribution < 1.29 is 5.21 Å². The number of oxime groups is 1. The van der Waals surface area contributed by atoms with Crippen LogP contribution in [0.4, 0.5) is 0 Å². The van der Waals surface area contributed by atoms with Gasteiger partial charge in [-0.3, -0.25) is 4.79 Å². The van der Waals surface area contributed by atoms with Gasteiger partial charge in [0.15, 0.2) is 5.84 Å². The zero-order valence-corrected chi connectivity index (χ0v) is 6.53. The van der Waals surface area contributed by atoms with E-state index in [0.717, 1.165) is 5.69 Å². The molecule has 5 nitrogen and oxygen atoms in total. The Morgan fingerprint density at radius 3 is 2.83 bits per heavy atom. The Hall–Kier alpha value is -1.78. The number of amidine groups is 1. The van der Waals surface area contributed by atoms with E-state index in [1.54, 1.807) is 13.0 Å². The molecule has 1 heterocycles. The van der Waals surface area contributed by atoms with E-state index in [-0.39, 0.29) is 17.0 Å². The van der Waals surface area contributed by atoms with Crippen molar-refractivity contribution in [3.63, 3.8) is 0 Å². The smallest absolute Gasteiger partial charge is 0.259 e. The average molecular weight is 167 g/mol. The summed E-state index contributed by atoms with van der Waals surface area (Å²) in [5.74, 6) is -0.184. The van der Waals surface area contributed by atoms with Gasteiger partial charge < -0.3 is 15.9 Å². The molecule has 0 saturated carbocycles. The molecule has 0 aliphatic rings. The molecule has 4 N–H and O–H groups in total. The standard InChI is InChI=1S/C7H9N3O2/c1-4-2-3-5(6(8)10-12)7(11)9-4/h2-3,12H,1H3,(H2,8,10)(H,9,11). The summed E-state index contributed by atoms with van der Waals surface area (Å²) < 4.78 is 0. The first-order chi connectivity index (χ1) is 5.65. The van der Waals surface area contributed by atoms with Crippen LogP contribution in [0, 0.1) is 6.92 Å². The number of nitrogens with two attached hydrogens (primary N) is 1. The molecule has 1 aromatic heterocycles. The lowest BCUT2D eigenvalue weighted by atomic mass is 10.2. The molecule has 12 heavy (non-hydrogen) atoms. The Morgan fingerprint density at radius 1 is 1.67 bits per heavy atom. The third-order valence-corrected chi connectivity index (χ3v) is 1.44. The molecule has 0 bridgehead atoms. The highest BCUT2D eigenvalue weighted by Gasteiger charge is 2.03. The molecule has 5 heteroatoms. The number of aryl methyl sites for hydroxylation is 1. The zero-order chi connectivity index (χ0) is 9.14. The topological polar surface area (TPSA) is 91.5 Å². The first-order valence-electron chi connectivity index (χ1n) is 3.33. The maximum Gasteiger partial charge on any atom is 0.259 e. The monoisotopic (exact) mass is 167 g/mol. The molecule has 0 spiro atoms. The minimum Gasteiger partial charge on any atom is -0.409 e. The van der Waals surface area contributed by atoms with Gasteiger partial charge >= 0.3 is 0 Å². The van der Waals surface area contributed by atoms with Crippen LogP contribution in [0.15, 0.2) is 22.1 Å². The predicted octanol–water partition coefficient (Wildman–Crippen LogP) is -0.222. The lowest BCUT2D eigenvalue weighted by Crippen LogP contribution is -2.24. The van der Waals surface area contributed by atoms with E-state index in [1.165, 1.54) is 6.07 Å². The molecule has 0 radical (unpaired) electrons. The lowest BCUT2D eigenvalue weighted by molar-refractivity contribution is 0.318. The van der Waals surface area contributed by atoms with Crippen molar-refractivity contribution in [3.05, 3.63) is 33.7 Å². The van der Waals surface area contributed by atoms with E-state index in [0.29, 0.717) is 0 Å². The van der Waals surface area contributed by atoms with Gasteiger partial charge in [0.1, 0.15) is 0 Å². The summed E-state index contributed by atoms with van der Waals surface area (Å²) in [4.78, 5) is 13.6. The lowest BCUT2D eigenvalue weighted by Gasteiger charge is -1.97. The van der Waals surface area contributed by atoms with Gasteiger partial charge in [-0.25, -0.2) is 0 Å². The van der Waals surface area contributed by atoms with Crippen LogP contribution >= 0.6 is 0 Å². The van der Waals surface area contributed by atoms with Gasteiger partial charge in [-0.05, 0) is 19.1 Å². The normalized spacial score (nSPS) is 11.6. The van der Waals surface area contributed by atoms with Crippen LogP contribution in [0.25, 0.3) is 0 Å². The SMILES string of the molecule is Cc1ccc(C(N)=NO)c(=O)[nH]1. The van der Waals surface area contributed by atoms with Crippen molar-refractivity contribution in [1.82, 2.24) is 4.98 Å². The van der Waals surface area contributed by atoms with Crippen molar-refractivity contribution >= 4 is 5.84 Å². The van der Waals surface area contributed by atoms with Crippen molar-refractivity contribution in [2.45, 2.75) is 6.92 Å². The molecule has 1 rings (SSSR count). The van der Waals surface area contributed by atoms with Crippen LogP contribution in [0.1, 0.15) is 11.3 Å². The summed E-state index contributed by atoms with van der Waals surface area (Å²) >= 11 is 0. The number of H-pyrrole nitrogens is 1. The number of hydrogen-bond donors (Lipinski definition) is 3. The van der Waals surface area contributed by atoms with E-state index in [1.807, 2.05) is 0 Å². The molecule has 1 aromatic rings. The number of nitrogens with one attached hydrogen (secondary N) is 1. The van der Waals surface area contributed by atoms with Gasteiger partial charge in [0.25, 0.3) is 5.56 Å². The Morgan fingerprint density at radius 2 is 2.33 bits per heavy atom. The minimum absolute atomic E-state index is 0.170. The Balaban J connectivity index is 3.28. The fourth-order valence-electron chi connectivity index (χ4n) is 0.828. The molecule has 0 aliphatic carbocycles. The predicted molar refractivity (Wildman–Crippen MR) is 44.3 cm³/mol. The number of aromatic amines is 1. The van der Waals surface area contributed by atoms with Gasteiger partial charge in [0.05, 0.1) is 5.56 Å². The van der Waals surface area contributed by atoms with Crippen LogP contribution in [0.2, 0.25) is 0 Å². The summed E-state index contributed by atoms with van der Waals surface area (Å²) in [7, 11) is 0. The van der Waals surface area contributed by atoms with E-state index in [9.17, 15) is 4.79 Å². The molecule has 0 aliphatic heterocycles. The van der Waals surface area contributed by atoms with E-state index in [2.05, 4.69) is 10.1 Å². The van der Waals surface area contributed by atoms with Crippen LogP contribution in [-0.4, -0.2) is 16.0 Å². The van der Waals surface area contributed by atoms with Gasteiger partial charge in [-0.15, -0.1) is 0 Å². The van der Waals surface area contributed by atoms with Crippen LogP contribution in [0.3, 0.4) is 0 Å². The second-order valence-electron chi connectivity index (χ2n) is 2.37. The zero-order valence-electron chi connectivity index (χ0n) is 6.53. The van der Waals surface area contributed by atoms with Crippen LogP contribution in [-0.2, 0) is 0 Å². The first-order valence-corrected chi connectivity index (χ1v) is 3.33. The van der Waals surface area contributed by atoms with Crippen molar-refractivity contribution in [2.75, 3.05) is 0 Å². The maximum atomic E-state index is 11.1. The van der Waals surface area contributed by atoms with E-state index in [4.69, 9.17) is 10.9 Å². The number of rotatable bonds is 1. The first kappa shape index (κ1) is 8.32. The summed E-state index contributed by atoms with van der Waals surface area (Å²) in [5.41, 5.74) is 5.77. The van der Waals surface area contributed by atoms with Crippen LogP contribution in [0.5, 0.6) is 0 Å². The summed E-state index contributed by atoms with van der Waals surface area (Å²) in [6.07, 6.45) is 0. The van der Waals surface area contributed by atoms with Crippen molar-refractivity contribution in [3.8, 4) is 0 Å². The minimum atomic E-state index is -0.356. The highest BCUT2D eigenvalue weighted by molar-refractivity contribution is 5.96. The molecule has 0 unspecified atom stereocenters. The number of aromatic nitrogens is 1. The van der Waals surface area contributed by atoms with Gasteiger partial charge in [-0.1, -0.05) is 5.16 Å². The third-order valence-electron chi connectivity index (χ3n) is 1.44. The molecule has 0 fully saturated rings. The number of pyridine rings is 1. The van der Waals surface area contributed by atoms with Crippen molar-refractivity contribution in [1.29, 1.82) is 0 Å². The summed E-state index contributed by atoms with van der Waals surface area (Å²) in [6.45, 7) is 1.75. The average Bonchev–Trinajstić information content (AvgIpc) is 2.03. The second kappa shape index (κ2) is 3.08. The van der Waals surface area contributed by atoms with E-state index >= 15 is 0 Å². The molecule has 0 atom stereocenters. The van der Waals surface area contributed by atoms with Gasteiger partial charge in [0, 0.05) is 5.69 Å². The maximum absolute atomic E-state index is 11.1. The highest BCUT2D eigenvalue weighted by Crippen LogP contribution is 1.92. The molecule has 0 saturated heterocycles. The fraction of sp³-hybridized carbons (Fsp3) is 0.143. The molecule has 64 valence electrons. The molecular formula is C7H9N3O2. The third kappa shape index (κ3) is 1.45. The van der Waals surface area contributed by atoms with Gasteiger partial charge in [-0.2, -0.15) is 0 Å². The molecule has 0 aromatic carbocycles. The molecular weight excluding hydrogens is 158 g/mol. The highest BCUT2D eigenvalue weighted by atomic mass is 16.4. The van der Waals surface area contributed by atoms with Crippen LogP contribution < -0.4 is 11.3 Å². The van der Waals surface area contributed by atoms with Crippen molar-refractivity contribution in [2.24, 2.45) is 10.9 Å². The fourth-order valence-corrected chi connectivity index (χ4v) is 0.828. The number of hydrogen-bond acceptors (Lipinski definition) is 3. The second-order valence-corrected chi connectivity index (χ2v) is 2.37. The quantitative estimate of drug-likeness (QED) is 0.233. The Kier molecular flexibility index (Phi) is 2.14. The van der Waals surface area contributed by atoms with E-state index < -0.39 is 0 Å². The largest absolute Gasteiger partial charge is 0.409 e. The molecule has 0 amide bonds. The van der Waals surface area contributed by atoms with Gasteiger partial charge in [0.2, 0.25) is 0 Å². The summed E-state index contributed by atoms with van der Waals surface area (Å²) in [5, 5.41) is 11.0. The Bertz CT molecular complexity index is 367. The summed E-state index contributed by atoms with van der Waals surface area (Å²) in [6, 6.07) is 3.18.